The van der Waals surface area contributed by atoms with Crippen LogP contribution in [0.15, 0.2) is 30.7 Å². The Hall–Kier alpha value is -2.24. The highest BCUT2D eigenvalue weighted by atomic mass is 19.1. The van der Waals surface area contributed by atoms with E-state index < -0.39 is 5.95 Å². The van der Waals surface area contributed by atoms with Crippen LogP contribution < -0.4 is 5.32 Å². The number of nitrogens with zero attached hydrogens (tertiary/aromatic N) is 3. The molecule has 0 aliphatic rings. The minimum absolute atomic E-state index is 0.251. The lowest BCUT2D eigenvalue weighted by Crippen LogP contribution is -2.22. The second-order valence-electron chi connectivity index (χ2n) is 3.57. The maximum absolute atomic E-state index is 12.8. The summed E-state index contributed by atoms with van der Waals surface area (Å²) in [4.78, 5) is 15.0. The van der Waals surface area contributed by atoms with Crippen molar-refractivity contribution < 1.29 is 9.18 Å². The predicted molar refractivity (Wildman–Crippen MR) is 58.6 cm³/mol. The molecule has 1 N–H and O–H groups in total. The third kappa shape index (κ3) is 2.87. The number of aryl methyl sites for hydroxylation is 1. The highest BCUT2D eigenvalue weighted by molar-refractivity contribution is 5.93. The molecule has 2 heterocycles. The van der Waals surface area contributed by atoms with E-state index >= 15 is 0 Å². The Bertz CT molecular complexity index is 538. The van der Waals surface area contributed by atoms with E-state index in [2.05, 4.69) is 15.4 Å². The maximum Gasteiger partial charge on any atom is 0.251 e. The Labute approximate surface area is 97.3 Å². The van der Waals surface area contributed by atoms with Gasteiger partial charge in [0.15, 0.2) is 0 Å². The Morgan fingerprint density at radius 2 is 2.41 bits per heavy atom. The van der Waals surface area contributed by atoms with Gasteiger partial charge in [-0.1, -0.05) is 0 Å². The van der Waals surface area contributed by atoms with E-state index in [0.717, 1.165) is 11.6 Å². The second kappa shape index (κ2) is 4.73. The third-order valence-electron chi connectivity index (χ3n) is 2.20. The largest absolute Gasteiger partial charge is 0.348 e. The fourth-order valence-corrected chi connectivity index (χ4v) is 1.39. The standard InChI is InChI=1S/C11H11FN4O/c1-16-7-8(6-15-16)5-14-11(17)9-2-3-13-10(12)4-9/h2-4,6-7H,5H2,1H3,(H,14,17). The monoisotopic (exact) mass is 234 g/mol. The molecule has 0 fully saturated rings. The number of aromatic nitrogens is 3. The summed E-state index contributed by atoms with van der Waals surface area (Å²) in [7, 11) is 1.80. The summed E-state index contributed by atoms with van der Waals surface area (Å²) in [5.41, 5.74) is 1.14. The SMILES string of the molecule is Cn1cc(CNC(=O)c2ccnc(F)c2)cn1. The van der Waals surface area contributed by atoms with E-state index in [-0.39, 0.29) is 11.5 Å². The van der Waals surface area contributed by atoms with Gasteiger partial charge in [-0.3, -0.25) is 9.48 Å². The van der Waals surface area contributed by atoms with Crippen molar-refractivity contribution in [3.8, 4) is 0 Å². The van der Waals surface area contributed by atoms with Gasteiger partial charge in [-0.15, -0.1) is 0 Å². The molecule has 17 heavy (non-hydrogen) atoms. The van der Waals surface area contributed by atoms with Gasteiger partial charge in [-0.25, -0.2) is 4.98 Å². The summed E-state index contributed by atoms with van der Waals surface area (Å²) >= 11 is 0. The molecule has 2 aromatic rings. The summed E-state index contributed by atoms with van der Waals surface area (Å²) in [6, 6.07) is 2.56. The summed E-state index contributed by atoms with van der Waals surface area (Å²) in [6.07, 6.45) is 4.72. The van der Waals surface area contributed by atoms with Gasteiger partial charge in [-0.05, 0) is 6.07 Å². The average molecular weight is 234 g/mol. The molecule has 2 aromatic heterocycles. The van der Waals surface area contributed by atoms with Crippen molar-refractivity contribution in [2.45, 2.75) is 6.54 Å². The van der Waals surface area contributed by atoms with Gasteiger partial charge in [0, 0.05) is 43.2 Å². The number of nitrogens with one attached hydrogen (secondary N) is 1. The van der Waals surface area contributed by atoms with Crippen molar-refractivity contribution in [3.05, 3.63) is 47.8 Å². The molecule has 0 bridgehead atoms. The van der Waals surface area contributed by atoms with Gasteiger partial charge in [0.05, 0.1) is 6.20 Å². The zero-order valence-corrected chi connectivity index (χ0v) is 9.22. The topological polar surface area (TPSA) is 59.8 Å². The van der Waals surface area contributed by atoms with Gasteiger partial charge in [0.1, 0.15) is 0 Å². The molecule has 0 atom stereocenters. The fourth-order valence-electron chi connectivity index (χ4n) is 1.39. The van der Waals surface area contributed by atoms with Crippen LogP contribution in [0, 0.1) is 5.95 Å². The first kappa shape index (κ1) is 11.3. The zero-order valence-electron chi connectivity index (χ0n) is 9.22. The van der Waals surface area contributed by atoms with Crippen molar-refractivity contribution in [2.75, 3.05) is 0 Å². The van der Waals surface area contributed by atoms with Crippen LogP contribution in [-0.2, 0) is 13.6 Å². The summed E-state index contributed by atoms with van der Waals surface area (Å²) in [5.74, 6) is -1.01. The number of rotatable bonds is 3. The van der Waals surface area contributed by atoms with Gasteiger partial charge in [0.25, 0.3) is 5.91 Å². The molecule has 0 aromatic carbocycles. The van der Waals surface area contributed by atoms with E-state index in [1.807, 2.05) is 0 Å². The van der Waals surface area contributed by atoms with Crippen molar-refractivity contribution in [2.24, 2.45) is 7.05 Å². The van der Waals surface area contributed by atoms with Crippen LogP contribution in [0.4, 0.5) is 4.39 Å². The first-order valence-corrected chi connectivity index (χ1v) is 5.02. The highest BCUT2D eigenvalue weighted by Crippen LogP contribution is 2.01. The summed E-state index contributed by atoms with van der Waals surface area (Å²) in [5, 5.41) is 6.65. The molecule has 0 aliphatic carbocycles. The lowest BCUT2D eigenvalue weighted by atomic mass is 10.2. The lowest BCUT2D eigenvalue weighted by molar-refractivity contribution is 0.0950. The van der Waals surface area contributed by atoms with Gasteiger partial charge >= 0.3 is 0 Å². The molecule has 88 valence electrons. The van der Waals surface area contributed by atoms with Gasteiger partial charge < -0.3 is 5.32 Å². The second-order valence-corrected chi connectivity index (χ2v) is 3.57. The number of hydrogen-bond acceptors (Lipinski definition) is 3. The number of pyridine rings is 1. The lowest BCUT2D eigenvalue weighted by Gasteiger charge is -2.02. The van der Waals surface area contributed by atoms with Gasteiger partial charge in [-0.2, -0.15) is 9.49 Å². The number of carbonyl (C=O) groups is 1. The summed E-state index contributed by atoms with van der Waals surface area (Å²) < 4.78 is 14.4. The van der Waals surface area contributed by atoms with Crippen LogP contribution in [0.1, 0.15) is 15.9 Å². The third-order valence-corrected chi connectivity index (χ3v) is 2.20. The first-order valence-electron chi connectivity index (χ1n) is 5.02. The Balaban J connectivity index is 1.98. The fraction of sp³-hybridized carbons (Fsp3) is 0.182. The molecular weight excluding hydrogens is 223 g/mol. The molecule has 2 rings (SSSR count). The molecule has 0 saturated heterocycles. The van der Waals surface area contributed by atoms with Crippen molar-refractivity contribution >= 4 is 5.91 Å². The van der Waals surface area contributed by atoms with E-state index in [9.17, 15) is 9.18 Å². The quantitative estimate of drug-likeness (QED) is 0.802. The molecule has 0 aliphatic heterocycles. The predicted octanol–water partition coefficient (Wildman–Crippen LogP) is 0.884. The highest BCUT2D eigenvalue weighted by Gasteiger charge is 2.06. The van der Waals surface area contributed by atoms with E-state index in [1.165, 1.54) is 12.3 Å². The van der Waals surface area contributed by atoms with Crippen LogP contribution >= 0.6 is 0 Å². The van der Waals surface area contributed by atoms with E-state index in [1.54, 1.807) is 24.1 Å². The molecule has 0 saturated carbocycles. The number of hydrogen-bond donors (Lipinski definition) is 1. The number of halogens is 1. The molecule has 6 heteroatoms. The molecule has 0 spiro atoms. The minimum atomic E-state index is -0.668. The van der Waals surface area contributed by atoms with Crippen molar-refractivity contribution in [3.63, 3.8) is 0 Å². The maximum atomic E-state index is 12.8. The van der Waals surface area contributed by atoms with Crippen LogP contribution in [0.25, 0.3) is 0 Å². The summed E-state index contributed by atoms with van der Waals surface area (Å²) in [6.45, 7) is 0.358. The van der Waals surface area contributed by atoms with Crippen LogP contribution in [0.5, 0.6) is 0 Å². The Morgan fingerprint density at radius 3 is 3.06 bits per heavy atom. The number of carbonyl (C=O) groups excluding carboxylic acids is 1. The zero-order chi connectivity index (χ0) is 12.3. The molecule has 0 radical (unpaired) electrons. The Kier molecular flexibility index (Phi) is 3.13. The number of amides is 1. The van der Waals surface area contributed by atoms with Crippen LogP contribution in [0.2, 0.25) is 0 Å². The molecule has 5 nitrogen and oxygen atoms in total. The minimum Gasteiger partial charge on any atom is -0.348 e. The molecular formula is C11H11FN4O. The Morgan fingerprint density at radius 1 is 1.59 bits per heavy atom. The van der Waals surface area contributed by atoms with Gasteiger partial charge in [0.2, 0.25) is 5.95 Å². The molecule has 1 amide bonds. The van der Waals surface area contributed by atoms with Crippen molar-refractivity contribution in [1.29, 1.82) is 0 Å². The van der Waals surface area contributed by atoms with Crippen molar-refractivity contribution in [1.82, 2.24) is 20.1 Å². The molecule has 0 unspecified atom stereocenters. The average Bonchev–Trinajstić information content (AvgIpc) is 2.72. The smallest absolute Gasteiger partial charge is 0.251 e. The first-order chi connectivity index (χ1) is 8.15. The normalized spacial score (nSPS) is 10.2. The van der Waals surface area contributed by atoms with Crippen LogP contribution in [-0.4, -0.2) is 20.7 Å². The van der Waals surface area contributed by atoms with Crippen LogP contribution in [0.3, 0.4) is 0 Å². The van der Waals surface area contributed by atoms with E-state index in [0.29, 0.717) is 6.54 Å². The van der Waals surface area contributed by atoms with E-state index in [4.69, 9.17) is 0 Å².